The predicted octanol–water partition coefficient (Wildman–Crippen LogP) is 4.08. The lowest BCUT2D eigenvalue weighted by Gasteiger charge is -2.09. The van der Waals surface area contributed by atoms with E-state index in [1.807, 2.05) is 36.4 Å². The number of carbonyl (C=O) groups is 1. The summed E-state index contributed by atoms with van der Waals surface area (Å²) in [5.74, 6) is 1.11. The maximum Gasteiger partial charge on any atom is 0.343 e. The second-order valence-corrected chi connectivity index (χ2v) is 5.00. The molecular formula is C19H16O4. The topological polar surface area (TPSA) is 44.8 Å². The van der Waals surface area contributed by atoms with Gasteiger partial charge in [-0.05, 0) is 35.0 Å². The Morgan fingerprint density at radius 1 is 0.739 bits per heavy atom. The van der Waals surface area contributed by atoms with E-state index in [4.69, 9.17) is 14.2 Å². The summed E-state index contributed by atoms with van der Waals surface area (Å²) in [5.41, 5.74) is 0.370. The lowest BCUT2D eigenvalue weighted by atomic mass is 10.1. The van der Waals surface area contributed by atoms with Crippen molar-refractivity contribution in [1.82, 2.24) is 0 Å². The molecule has 0 aliphatic rings. The molecular weight excluding hydrogens is 292 g/mol. The highest BCUT2D eigenvalue weighted by molar-refractivity contribution is 5.93. The second-order valence-electron chi connectivity index (χ2n) is 5.00. The Kier molecular flexibility index (Phi) is 4.15. The largest absolute Gasteiger partial charge is 0.497 e. The molecule has 0 heterocycles. The van der Waals surface area contributed by atoms with Crippen LogP contribution in [0.3, 0.4) is 0 Å². The first-order valence-corrected chi connectivity index (χ1v) is 7.13. The van der Waals surface area contributed by atoms with Gasteiger partial charge in [0.25, 0.3) is 0 Å². The Hall–Kier alpha value is -3.01. The first kappa shape index (κ1) is 14.9. The van der Waals surface area contributed by atoms with Crippen LogP contribution < -0.4 is 14.2 Å². The van der Waals surface area contributed by atoms with E-state index in [-0.39, 0.29) is 0 Å². The maximum absolute atomic E-state index is 12.4. The van der Waals surface area contributed by atoms with Crippen molar-refractivity contribution in [2.45, 2.75) is 0 Å². The van der Waals surface area contributed by atoms with Gasteiger partial charge in [-0.3, -0.25) is 0 Å². The van der Waals surface area contributed by atoms with Gasteiger partial charge in [-0.1, -0.05) is 30.3 Å². The molecule has 4 heteroatoms. The van der Waals surface area contributed by atoms with Gasteiger partial charge in [0.2, 0.25) is 0 Å². The van der Waals surface area contributed by atoms with E-state index < -0.39 is 5.97 Å². The highest BCUT2D eigenvalue weighted by Gasteiger charge is 2.12. The zero-order chi connectivity index (χ0) is 16.2. The number of carbonyl (C=O) groups excluding carboxylic acids is 1. The SMILES string of the molecule is COc1cc(OC)cc(C(=O)Oc2ccc3ccccc3c2)c1. The highest BCUT2D eigenvalue weighted by Crippen LogP contribution is 2.25. The molecule has 23 heavy (non-hydrogen) atoms. The molecule has 0 atom stereocenters. The van der Waals surface area contributed by atoms with E-state index in [1.54, 1.807) is 24.3 Å². The van der Waals surface area contributed by atoms with Crippen molar-refractivity contribution >= 4 is 16.7 Å². The lowest BCUT2D eigenvalue weighted by Crippen LogP contribution is -2.09. The number of hydrogen-bond acceptors (Lipinski definition) is 4. The van der Waals surface area contributed by atoms with Crippen LogP contribution >= 0.6 is 0 Å². The highest BCUT2D eigenvalue weighted by atomic mass is 16.5. The molecule has 0 aliphatic heterocycles. The molecule has 0 aromatic heterocycles. The fraction of sp³-hybridized carbons (Fsp3) is 0.105. The summed E-state index contributed by atoms with van der Waals surface area (Å²) in [7, 11) is 3.07. The van der Waals surface area contributed by atoms with Crippen LogP contribution in [0.4, 0.5) is 0 Å². The molecule has 0 bridgehead atoms. The first-order valence-electron chi connectivity index (χ1n) is 7.13. The van der Waals surface area contributed by atoms with Gasteiger partial charge < -0.3 is 14.2 Å². The molecule has 3 rings (SSSR count). The summed E-state index contributed by atoms with van der Waals surface area (Å²) in [4.78, 5) is 12.4. The molecule has 0 unspecified atom stereocenters. The van der Waals surface area contributed by atoms with Crippen LogP contribution in [0.1, 0.15) is 10.4 Å². The number of esters is 1. The van der Waals surface area contributed by atoms with Crippen LogP contribution in [0.5, 0.6) is 17.2 Å². The Morgan fingerprint density at radius 3 is 2.04 bits per heavy atom. The molecule has 0 fully saturated rings. The molecule has 0 spiro atoms. The summed E-state index contributed by atoms with van der Waals surface area (Å²) in [6.07, 6.45) is 0. The molecule has 0 radical (unpaired) electrons. The minimum absolute atomic E-state index is 0.370. The van der Waals surface area contributed by atoms with Crippen molar-refractivity contribution in [1.29, 1.82) is 0 Å². The van der Waals surface area contributed by atoms with Gasteiger partial charge in [-0.2, -0.15) is 0 Å². The summed E-state index contributed by atoms with van der Waals surface area (Å²) in [6, 6.07) is 18.4. The summed E-state index contributed by atoms with van der Waals surface area (Å²) < 4.78 is 15.8. The maximum atomic E-state index is 12.4. The minimum Gasteiger partial charge on any atom is -0.497 e. The van der Waals surface area contributed by atoms with Gasteiger partial charge in [0.1, 0.15) is 17.2 Å². The van der Waals surface area contributed by atoms with Crippen molar-refractivity contribution in [3.8, 4) is 17.2 Å². The van der Waals surface area contributed by atoms with Gasteiger partial charge in [0.05, 0.1) is 19.8 Å². The zero-order valence-corrected chi connectivity index (χ0v) is 12.9. The minimum atomic E-state index is -0.461. The predicted molar refractivity (Wildman–Crippen MR) is 88.5 cm³/mol. The first-order chi connectivity index (χ1) is 11.2. The Bertz CT molecular complexity index is 833. The van der Waals surface area contributed by atoms with Crippen LogP contribution in [0.15, 0.2) is 60.7 Å². The van der Waals surface area contributed by atoms with Gasteiger partial charge >= 0.3 is 5.97 Å². The third-order valence-corrected chi connectivity index (χ3v) is 3.52. The number of fused-ring (bicyclic) bond motifs is 1. The molecule has 116 valence electrons. The molecule has 0 saturated carbocycles. The van der Waals surface area contributed by atoms with E-state index in [0.717, 1.165) is 10.8 Å². The van der Waals surface area contributed by atoms with E-state index >= 15 is 0 Å². The molecule has 4 nitrogen and oxygen atoms in total. The quantitative estimate of drug-likeness (QED) is 0.538. The van der Waals surface area contributed by atoms with Crippen molar-refractivity contribution in [3.05, 3.63) is 66.2 Å². The smallest absolute Gasteiger partial charge is 0.343 e. The number of methoxy groups -OCH3 is 2. The molecule has 3 aromatic rings. The van der Waals surface area contributed by atoms with Crippen LogP contribution in [0.2, 0.25) is 0 Å². The van der Waals surface area contributed by atoms with Crippen molar-refractivity contribution in [2.75, 3.05) is 14.2 Å². The zero-order valence-electron chi connectivity index (χ0n) is 12.9. The fourth-order valence-electron chi connectivity index (χ4n) is 2.32. The van der Waals surface area contributed by atoms with E-state index in [2.05, 4.69) is 0 Å². The summed E-state index contributed by atoms with van der Waals surface area (Å²) in [5, 5.41) is 2.11. The average molecular weight is 308 g/mol. The third kappa shape index (κ3) is 3.26. The van der Waals surface area contributed by atoms with E-state index in [0.29, 0.717) is 22.8 Å². The molecule has 0 amide bonds. The molecule has 3 aromatic carbocycles. The second kappa shape index (κ2) is 6.40. The normalized spacial score (nSPS) is 10.3. The van der Waals surface area contributed by atoms with Crippen LogP contribution in [0, 0.1) is 0 Å². The van der Waals surface area contributed by atoms with Gasteiger partial charge in [-0.15, -0.1) is 0 Å². The van der Waals surface area contributed by atoms with E-state index in [1.165, 1.54) is 14.2 Å². The van der Waals surface area contributed by atoms with Crippen molar-refractivity contribution in [2.24, 2.45) is 0 Å². The third-order valence-electron chi connectivity index (χ3n) is 3.52. The Labute approximate surface area is 134 Å². The van der Waals surface area contributed by atoms with Gasteiger partial charge in [-0.25, -0.2) is 4.79 Å². The van der Waals surface area contributed by atoms with Gasteiger partial charge in [0, 0.05) is 6.07 Å². The van der Waals surface area contributed by atoms with Crippen LogP contribution in [0.25, 0.3) is 10.8 Å². The van der Waals surface area contributed by atoms with Crippen LogP contribution in [-0.2, 0) is 0 Å². The fourth-order valence-corrected chi connectivity index (χ4v) is 2.32. The standard InChI is InChI=1S/C19H16O4/c1-21-17-10-15(11-18(12-17)22-2)19(20)23-16-8-7-13-5-3-4-6-14(13)9-16/h3-12H,1-2H3. The van der Waals surface area contributed by atoms with Crippen molar-refractivity contribution < 1.29 is 19.0 Å². The van der Waals surface area contributed by atoms with Gasteiger partial charge in [0.15, 0.2) is 0 Å². The van der Waals surface area contributed by atoms with Crippen LogP contribution in [-0.4, -0.2) is 20.2 Å². The summed E-state index contributed by atoms with van der Waals surface area (Å²) in [6.45, 7) is 0. The monoisotopic (exact) mass is 308 g/mol. The molecule has 0 saturated heterocycles. The Morgan fingerprint density at radius 2 is 1.39 bits per heavy atom. The summed E-state index contributed by atoms with van der Waals surface area (Å²) >= 11 is 0. The number of rotatable bonds is 4. The average Bonchev–Trinajstić information content (AvgIpc) is 2.61. The number of hydrogen-bond donors (Lipinski definition) is 0. The molecule has 0 N–H and O–H groups in total. The number of benzene rings is 3. The molecule has 0 aliphatic carbocycles. The lowest BCUT2D eigenvalue weighted by molar-refractivity contribution is 0.0734. The van der Waals surface area contributed by atoms with Crippen molar-refractivity contribution in [3.63, 3.8) is 0 Å². The Balaban J connectivity index is 1.88. The number of ether oxygens (including phenoxy) is 3. The van der Waals surface area contributed by atoms with E-state index in [9.17, 15) is 4.79 Å².